The smallest absolute Gasteiger partial charge is 0.410 e. The molecule has 164 valence electrons. The summed E-state index contributed by atoms with van der Waals surface area (Å²) in [6.45, 7) is 6.19. The summed E-state index contributed by atoms with van der Waals surface area (Å²) in [6, 6.07) is 2.99. The fraction of sp³-hybridized carbons (Fsp3) is 0.611. The number of halogens is 1. The fourth-order valence-corrected chi connectivity index (χ4v) is 4.71. The molecule has 11 heteroatoms. The molecule has 1 heterocycles. The Balaban J connectivity index is 2.07. The van der Waals surface area contributed by atoms with Crippen molar-refractivity contribution in [3.8, 4) is 0 Å². The molecule has 1 aromatic rings. The van der Waals surface area contributed by atoms with Crippen molar-refractivity contribution in [2.75, 3.05) is 13.1 Å². The van der Waals surface area contributed by atoms with Crippen molar-refractivity contribution in [3.63, 3.8) is 0 Å². The predicted octanol–water partition coefficient (Wildman–Crippen LogP) is 2.16. The molecule has 2 rings (SSSR count). The van der Waals surface area contributed by atoms with Crippen LogP contribution in [0.1, 0.15) is 50.8 Å². The molecule has 0 saturated carbocycles. The van der Waals surface area contributed by atoms with Gasteiger partial charge < -0.3 is 9.64 Å². The molecule has 1 aliphatic heterocycles. The van der Waals surface area contributed by atoms with Gasteiger partial charge in [0.1, 0.15) is 22.1 Å². The average molecular weight is 451 g/mol. The number of carbonyl (C=O) groups excluding carboxylic acids is 1. The number of ether oxygens (including phenoxy) is 1. The van der Waals surface area contributed by atoms with Gasteiger partial charge in [0.25, 0.3) is 0 Å². The minimum atomic E-state index is -4.08. The summed E-state index contributed by atoms with van der Waals surface area (Å²) in [4.78, 5) is 13.3. The molecule has 1 saturated heterocycles. The van der Waals surface area contributed by atoms with Gasteiger partial charge in [-0.15, -0.1) is 0 Å². The maximum absolute atomic E-state index is 14.4. The van der Waals surface area contributed by atoms with Crippen LogP contribution < -0.4 is 5.14 Å². The van der Waals surface area contributed by atoms with E-state index >= 15 is 0 Å². The summed E-state index contributed by atoms with van der Waals surface area (Å²) >= 11 is 0. The van der Waals surface area contributed by atoms with Crippen LogP contribution >= 0.6 is 0 Å². The second-order valence-corrected chi connectivity index (χ2v) is 10.9. The molecule has 1 aliphatic rings. The van der Waals surface area contributed by atoms with Gasteiger partial charge in [0, 0.05) is 18.7 Å². The quantitative estimate of drug-likeness (QED) is 0.663. The van der Waals surface area contributed by atoms with Gasteiger partial charge in [0.15, 0.2) is 0 Å². The molecule has 8 nitrogen and oxygen atoms in total. The first-order valence-corrected chi connectivity index (χ1v) is 12.0. The molecule has 1 atom stereocenters. The number of sulfonamides is 1. The van der Waals surface area contributed by atoms with Crippen molar-refractivity contribution in [2.24, 2.45) is 11.1 Å². The molecule has 1 amide bonds. The van der Waals surface area contributed by atoms with E-state index in [2.05, 4.69) is 0 Å². The zero-order valence-corrected chi connectivity index (χ0v) is 18.3. The van der Waals surface area contributed by atoms with E-state index in [0.29, 0.717) is 25.9 Å². The Labute approximate surface area is 172 Å². The van der Waals surface area contributed by atoms with Gasteiger partial charge in [-0.1, -0.05) is 6.07 Å². The average Bonchev–Trinajstić information content (AvgIpc) is 2.58. The third-order valence-corrected chi connectivity index (χ3v) is 6.65. The maximum atomic E-state index is 14.4. The van der Waals surface area contributed by atoms with Gasteiger partial charge in [-0.3, -0.25) is 0 Å². The van der Waals surface area contributed by atoms with E-state index in [1.807, 2.05) is 0 Å². The number of hydrogen-bond acceptors (Lipinski definition) is 6. The predicted molar refractivity (Wildman–Crippen MR) is 106 cm³/mol. The SMILES string of the molecule is CC(C)(C)OC(=O)N1CCC(CC(c2ccc(S(N)(=O)=O)cc2F)[SH](=O)=O)CC1. The number of amides is 1. The maximum Gasteiger partial charge on any atom is 0.410 e. The van der Waals surface area contributed by atoms with Crippen molar-refractivity contribution in [2.45, 2.75) is 55.8 Å². The highest BCUT2D eigenvalue weighted by Crippen LogP contribution is 2.33. The minimum Gasteiger partial charge on any atom is -0.444 e. The van der Waals surface area contributed by atoms with E-state index in [9.17, 15) is 26.0 Å². The number of rotatable bonds is 5. The van der Waals surface area contributed by atoms with Crippen LogP contribution in [0.2, 0.25) is 0 Å². The molecule has 0 bridgehead atoms. The number of thiol groups is 1. The molecule has 0 aromatic heterocycles. The van der Waals surface area contributed by atoms with Gasteiger partial charge in [-0.05, 0) is 58.1 Å². The zero-order chi connectivity index (χ0) is 22.0. The topological polar surface area (TPSA) is 124 Å². The summed E-state index contributed by atoms with van der Waals surface area (Å²) in [6.07, 6.45) is 0.907. The molecule has 0 spiro atoms. The number of nitrogens with zero attached hydrogens (tertiary/aromatic N) is 1. The lowest BCUT2D eigenvalue weighted by atomic mass is 9.90. The fourth-order valence-electron chi connectivity index (χ4n) is 3.28. The molecule has 1 aromatic carbocycles. The summed E-state index contributed by atoms with van der Waals surface area (Å²) in [5.41, 5.74) is -0.677. The van der Waals surface area contributed by atoms with Crippen LogP contribution in [0, 0.1) is 11.7 Å². The summed E-state index contributed by atoms with van der Waals surface area (Å²) < 4.78 is 66.0. The van der Waals surface area contributed by atoms with E-state index in [-0.39, 0.29) is 17.9 Å². The third-order valence-electron chi connectivity index (χ3n) is 4.74. The Hall–Kier alpha value is -1.72. The second kappa shape index (κ2) is 8.97. The number of carbonyl (C=O) groups is 1. The van der Waals surface area contributed by atoms with Crippen LogP contribution in [0.4, 0.5) is 9.18 Å². The van der Waals surface area contributed by atoms with Gasteiger partial charge in [-0.2, -0.15) is 0 Å². The Morgan fingerprint density at radius 1 is 1.31 bits per heavy atom. The Morgan fingerprint density at radius 2 is 1.90 bits per heavy atom. The Bertz CT molecular complexity index is 924. The van der Waals surface area contributed by atoms with E-state index in [1.54, 1.807) is 25.7 Å². The molecular formula is C18H27FN2O6S2. The summed E-state index contributed by atoms with van der Waals surface area (Å²) in [7, 11) is -7.07. The van der Waals surface area contributed by atoms with E-state index in [1.165, 1.54) is 0 Å². The number of hydrogen-bond donors (Lipinski definition) is 2. The highest BCUT2D eigenvalue weighted by atomic mass is 32.2. The van der Waals surface area contributed by atoms with E-state index < -0.39 is 48.4 Å². The standard InChI is InChI=1S/C18H27FN2O6S2/c1-18(2,3)27-17(22)21-8-6-12(7-9-21)10-16(28(23)24)14-5-4-13(11-15(14)19)29(20,25)26/h4-5,11-12,16,28H,6-10H2,1-3H3,(H2,20,25,26). The lowest BCUT2D eigenvalue weighted by molar-refractivity contribution is 0.0181. The van der Waals surface area contributed by atoms with Crippen molar-refractivity contribution in [1.82, 2.24) is 4.90 Å². The Morgan fingerprint density at radius 3 is 2.34 bits per heavy atom. The van der Waals surface area contributed by atoms with Crippen LogP contribution in [0.25, 0.3) is 0 Å². The highest BCUT2D eigenvalue weighted by molar-refractivity contribution is 7.89. The lowest BCUT2D eigenvalue weighted by Crippen LogP contribution is -2.41. The monoisotopic (exact) mass is 450 g/mol. The molecular weight excluding hydrogens is 423 g/mol. The molecule has 29 heavy (non-hydrogen) atoms. The number of nitrogens with two attached hydrogens (primary N) is 1. The van der Waals surface area contributed by atoms with Crippen LogP contribution in [0.5, 0.6) is 0 Å². The lowest BCUT2D eigenvalue weighted by Gasteiger charge is -2.34. The zero-order valence-electron chi connectivity index (χ0n) is 16.6. The molecule has 0 radical (unpaired) electrons. The van der Waals surface area contributed by atoms with Crippen molar-refractivity contribution in [1.29, 1.82) is 0 Å². The third kappa shape index (κ3) is 6.65. The Kier molecular flexibility index (Phi) is 7.28. The van der Waals surface area contributed by atoms with Gasteiger partial charge in [0.2, 0.25) is 10.0 Å². The van der Waals surface area contributed by atoms with E-state index in [4.69, 9.17) is 9.88 Å². The number of primary sulfonamides is 1. The first-order valence-electron chi connectivity index (χ1n) is 9.21. The summed E-state index contributed by atoms with van der Waals surface area (Å²) in [5, 5.41) is 3.89. The van der Waals surface area contributed by atoms with Gasteiger partial charge >= 0.3 is 6.09 Å². The highest BCUT2D eigenvalue weighted by Gasteiger charge is 2.30. The largest absolute Gasteiger partial charge is 0.444 e. The molecule has 1 fully saturated rings. The van der Waals surface area contributed by atoms with Crippen LogP contribution in [0.15, 0.2) is 23.1 Å². The number of piperidine rings is 1. The number of benzene rings is 1. The second-order valence-electron chi connectivity index (χ2n) is 8.18. The normalized spacial score (nSPS) is 17.4. The van der Waals surface area contributed by atoms with Gasteiger partial charge in [0.05, 0.1) is 10.1 Å². The minimum absolute atomic E-state index is 0.0242. The van der Waals surface area contributed by atoms with Crippen molar-refractivity contribution < 1.29 is 30.8 Å². The van der Waals surface area contributed by atoms with Crippen molar-refractivity contribution >= 4 is 26.8 Å². The van der Waals surface area contributed by atoms with Crippen molar-refractivity contribution in [3.05, 3.63) is 29.6 Å². The van der Waals surface area contributed by atoms with E-state index in [0.717, 1.165) is 18.2 Å². The molecule has 1 unspecified atom stereocenters. The van der Waals surface area contributed by atoms with Gasteiger partial charge in [-0.25, -0.2) is 31.2 Å². The number of likely N-dealkylation sites (tertiary alicyclic amines) is 1. The van der Waals surface area contributed by atoms with Crippen LogP contribution in [0.3, 0.4) is 0 Å². The van der Waals surface area contributed by atoms with Crippen LogP contribution in [-0.4, -0.2) is 46.5 Å². The molecule has 0 aliphatic carbocycles. The molecule has 2 N–H and O–H groups in total. The first kappa shape index (κ1) is 23.6. The van der Waals surface area contributed by atoms with Crippen LogP contribution in [-0.2, 0) is 25.5 Å². The first-order chi connectivity index (χ1) is 13.3. The summed E-state index contributed by atoms with van der Waals surface area (Å²) in [5.74, 6) is -0.948.